The first kappa shape index (κ1) is 21.5. The average molecular weight is 389 g/mol. The van der Waals surface area contributed by atoms with Crippen molar-refractivity contribution in [1.29, 1.82) is 0 Å². The van der Waals surface area contributed by atoms with Crippen LogP contribution < -0.4 is 0 Å². The Morgan fingerprint density at radius 3 is 2.86 bits per heavy atom. The van der Waals surface area contributed by atoms with Gasteiger partial charge in [-0.3, -0.25) is 4.79 Å². The van der Waals surface area contributed by atoms with Crippen LogP contribution in [-0.4, -0.2) is 35.5 Å². The van der Waals surface area contributed by atoms with Crippen molar-refractivity contribution in [1.82, 2.24) is 0 Å². The van der Waals surface area contributed by atoms with Crippen LogP contribution in [0.4, 0.5) is 0 Å². The summed E-state index contributed by atoms with van der Waals surface area (Å²) < 4.78 is 12.9. The number of aliphatic hydroxyl groups excluding tert-OH is 1. The zero-order valence-corrected chi connectivity index (χ0v) is 17.7. The van der Waals surface area contributed by atoms with Gasteiger partial charge in [0.2, 0.25) is 0 Å². The summed E-state index contributed by atoms with van der Waals surface area (Å²) in [5, 5.41) is 9.91. The van der Waals surface area contributed by atoms with E-state index >= 15 is 0 Å². The molecule has 2 aliphatic heterocycles. The molecule has 28 heavy (non-hydrogen) atoms. The Bertz CT molecular complexity index is 656. The first-order chi connectivity index (χ1) is 13.4. The maximum Gasteiger partial charge on any atom is 0.189 e. The summed E-state index contributed by atoms with van der Waals surface area (Å²) in [6.45, 7) is 6.12. The highest BCUT2D eigenvalue weighted by atomic mass is 16.7. The lowest BCUT2D eigenvalue weighted by Crippen LogP contribution is -2.50. The summed E-state index contributed by atoms with van der Waals surface area (Å²) in [7, 11) is 0. The standard InChI is InChI=1S/C24H36O4/c1-17(2)9-6-4-5-7-10-20-11-8-12-24(27-20)15-19(16-25)21-14-22(26)18(3)13-23(21)28-24/h9,13,15,20-21,23,25H,4-8,10-12,14,16H2,1-3H3/t20-,21-,23-,24+/m1/s1. The number of hydrogen-bond acceptors (Lipinski definition) is 4. The molecule has 0 unspecified atom stereocenters. The highest BCUT2D eigenvalue weighted by Gasteiger charge is 2.46. The number of ketones is 1. The highest BCUT2D eigenvalue weighted by molar-refractivity contribution is 5.96. The van der Waals surface area contributed by atoms with Gasteiger partial charge in [-0.15, -0.1) is 0 Å². The molecule has 0 aromatic heterocycles. The summed E-state index contributed by atoms with van der Waals surface area (Å²) >= 11 is 0. The lowest BCUT2D eigenvalue weighted by Gasteiger charge is -2.47. The first-order valence-electron chi connectivity index (χ1n) is 11.0. The fourth-order valence-electron chi connectivity index (χ4n) is 4.66. The number of ether oxygens (including phenoxy) is 2. The van der Waals surface area contributed by atoms with E-state index in [-0.39, 0.29) is 30.5 Å². The lowest BCUT2D eigenvalue weighted by atomic mass is 9.78. The van der Waals surface area contributed by atoms with Crippen LogP contribution in [0.15, 0.2) is 34.9 Å². The molecule has 4 atom stereocenters. The Balaban J connectivity index is 1.60. The molecule has 4 nitrogen and oxygen atoms in total. The molecule has 1 spiro atoms. The molecule has 0 aromatic rings. The fourth-order valence-corrected chi connectivity index (χ4v) is 4.66. The third-order valence-electron chi connectivity index (χ3n) is 6.26. The van der Waals surface area contributed by atoms with Crippen molar-refractivity contribution in [2.45, 2.75) is 96.6 Å². The number of allylic oxidation sites excluding steroid dienone is 3. The Morgan fingerprint density at radius 2 is 2.11 bits per heavy atom. The van der Waals surface area contributed by atoms with Gasteiger partial charge in [-0.05, 0) is 76.2 Å². The molecule has 3 aliphatic rings. The number of Topliss-reactive ketones (excluding diaryl/α,β-unsaturated/α-hetero) is 1. The monoisotopic (exact) mass is 388 g/mol. The van der Waals surface area contributed by atoms with Gasteiger partial charge in [-0.25, -0.2) is 0 Å². The summed E-state index contributed by atoms with van der Waals surface area (Å²) in [6.07, 6.45) is 15.5. The van der Waals surface area contributed by atoms with Crippen molar-refractivity contribution in [2.75, 3.05) is 6.61 Å². The molecule has 156 valence electrons. The molecule has 0 bridgehead atoms. The third-order valence-corrected chi connectivity index (χ3v) is 6.26. The zero-order chi connectivity index (χ0) is 20.1. The van der Waals surface area contributed by atoms with Crippen LogP contribution in [0.25, 0.3) is 0 Å². The second-order valence-corrected chi connectivity index (χ2v) is 8.91. The maximum absolute atomic E-state index is 12.1. The Kier molecular flexibility index (Phi) is 7.30. The summed E-state index contributed by atoms with van der Waals surface area (Å²) in [6, 6.07) is 0. The van der Waals surface area contributed by atoms with Gasteiger partial charge in [0.15, 0.2) is 11.6 Å². The van der Waals surface area contributed by atoms with Crippen molar-refractivity contribution < 1.29 is 19.4 Å². The van der Waals surface area contributed by atoms with Crippen molar-refractivity contribution >= 4 is 5.78 Å². The fraction of sp³-hybridized carbons (Fsp3) is 0.708. The summed E-state index contributed by atoms with van der Waals surface area (Å²) in [5.74, 6) is -0.636. The van der Waals surface area contributed by atoms with Crippen LogP contribution in [0.1, 0.15) is 78.6 Å². The van der Waals surface area contributed by atoms with Gasteiger partial charge in [0.25, 0.3) is 0 Å². The normalized spacial score (nSPS) is 32.6. The van der Waals surface area contributed by atoms with Crippen molar-refractivity contribution in [3.8, 4) is 0 Å². The Labute approximate surface area is 169 Å². The quantitative estimate of drug-likeness (QED) is 0.491. The number of carbonyl (C=O) groups is 1. The van der Waals surface area contributed by atoms with Crippen LogP contribution >= 0.6 is 0 Å². The van der Waals surface area contributed by atoms with Crippen molar-refractivity contribution in [3.63, 3.8) is 0 Å². The van der Waals surface area contributed by atoms with Gasteiger partial charge >= 0.3 is 0 Å². The molecule has 4 heteroatoms. The van der Waals surface area contributed by atoms with Crippen LogP contribution in [0.2, 0.25) is 0 Å². The summed E-state index contributed by atoms with van der Waals surface area (Å²) in [5.41, 5.74) is 3.06. The second kappa shape index (κ2) is 9.51. The molecule has 1 fully saturated rings. The minimum atomic E-state index is -0.735. The molecular formula is C24H36O4. The molecule has 0 radical (unpaired) electrons. The van der Waals surface area contributed by atoms with E-state index < -0.39 is 5.79 Å². The molecule has 1 saturated heterocycles. The van der Waals surface area contributed by atoms with E-state index in [4.69, 9.17) is 9.47 Å². The summed E-state index contributed by atoms with van der Waals surface area (Å²) in [4.78, 5) is 12.1. The maximum atomic E-state index is 12.1. The van der Waals surface area contributed by atoms with E-state index in [1.54, 1.807) is 0 Å². The SMILES string of the molecule is CC(C)=CCCCCC[C@@H]1CCC[C@]2(C=C(CO)[C@H]3CC(=O)C(C)=C[C@H]3O2)O1. The number of aliphatic hydroxyl groups is 1. The number of rotatable bonds is 7. The highest BCUT2D eigenvalue weighted by Crippen LogP contribution is 2.43. The van der Waals surface area contributed by atoms with Crippen LogP contribution in [0.5, 0.6) is 0 Å². The molecule has 2 heterocycles. The minimum Gasteiger partial charge on any atom is -0.392 e. The second-order valence-electron chi connectivity index (χ2n) is 8.91. The number of carbonyl (C=O) groups excluding carboxylic acids is 1. The van der Waals surface area contributed by atoms with E-state index in [0.29, 0.717) is 6.42 Å². The molecule has 1 aliphatic carbocycles. The minimum absolute atomic E-state index is 0.0369. The van der Waals surface area contributed by atoms with Crippen LogP contribution in [0.3, 0.4) is 0 Å². The van der Waals surface area contributed by atoms with E-state index in [1.807, 2.05) is 19.1 Å². The lowest BCUT2D eigenvalue weighted by molar-refractivity contribution is -0.275. The topological polar surface area (TPSA) is 55.8 Å². The smallest absolute Gasteiger partial charge is 0.189 e. The van der Waals surface area contributed by atoms with Crippen molar-refractivity contribution in [2.24, 2.45) is 5.92 Å². The van der Waals surface area contributed by atoms with Crippen molar-refractivity contribution in [3.05, 3.63) is 34.9 Å². The van der Waals surface area contributed by atoms with Gasteiger partial charge in [0, 0.05) is 18.8 Å². The largest absolute Gasteiger partial charge is 0.392 e. The van der Waals surface area contributed by atoms with E-state index in [9.17, 15) is 9.90 Å². The predicted octanol–water partition coefficient (Wildman–Crippen LogP) is 5.02. The molecular weight excluding hydrogens is 352 g/mol. The van der Waals surface area contributed by atoms with Crippen LogP contribution in [-0.2, 0) is 14.3 Å². The van der Waals surface area contributed by atoms with E-state index in [1.165, 1.54) is 24.8 Å². The average Bonchev–Trinajstić information content (AvgIpc) is 2.65. The number of hydrogen-bond donors (Lipinski definition) is 1. The van der Waals surface area contributed by atoms with Crippen LogP contribution in [0, 0.1) is 5.92 Å². The van der Waals surface area contributed by atoms with Gasteiger partial charge in [-0.2, -0.15) is 0 Å². The zero-order valence-electron chi connectivity index (χ0n) is 17.7. The Hall–Kier alpha value is -1.23. The molecule has 0 amide bonds. The van der Waals surface area contributed by atoms with E-state index in [2.05, 4.69) is 19.9 Å². The number of unbranched alkanes of at least 4 members (excludes halogenated alkanes) is 3. The third kappa shape index (κ3) is 5.22. The van der Waals surface area contributed by atoms with Gasteiger partial charge in [-0.1, -0.05) is 24.5 Å². The van der Waals surface area contributed by atoms with E-state index in [0.717, 1.165) is 43.3 Å². The van der Waals surface area contributed by atoms with Gasteiger partial charge in [0.1, 0.15) is 0 Å². The van der Waals surface area contributed by atoms with Gasteiger partial charge < -0.3 is 14.6 Å². The predicted molar refractivity (Wildman–Crippen MR) is 111 cm³/mol. The Morgan fingerprint density at radius 1 is 1.29 bits per heavy atom. The first-order valence-corrected chi connectivity index (χ1v) is 11.0. The number of fused-ring (bicyclic) bond motifs is 1. The molecule has 0 saturated carbocycles. The molecule has 1 N–H and O–H groups in total. The molecule has 0 aromatic carbocycles. The van der Waals surface area contributed by atoms with Gasteiger partial charge in [0.05, 0.1) is 18.8 Å². The molecule has 3 rings (SSSR count).